The molecule has 4 nitrogen and oxygen atoms in total. The van der Waals surface area contributed by atoms with Crippen molar-refractivity contribution >= 4 is 15.9 Å². The van der Waals surface area contributed by atoms with E-state index in [1.807, 2.05) is 18.2 Å². The van der Waals surface area contributed by atoms with E-state index in [0.717, 1.165) is 34.8 Å². The minimum Gasteiger partial charge on any atom is -0.497 e. The highest BCUT2D eigenvalue weighted by Gasteiger charge is 2.29. The lowest BCUT2D eigenvalue weighted by molar-refractivity contribution is 0.244. The lowest BCUT2D eigenvalue weighted by Crippen LogP contribution is -2.25. The van der Waals surface area contributed by atoms with Crippen LogP contribution in [0.15, 0.2) is 40.9 Å². The third-order valence-electron chi connectivity index (χ3n) is 4.55. The third-order valence-corrected chi connectivity index (χ3v) is 5.42. The van der Waals surface area contributed by atoms with Gasteiger partial charge >= 0.3 is 0 Å². The van der Waals surface area contributed by atoms with E-state index in [1.54, 1.807) is 21.3 Å². The summed E-state index contributed by atoms with van der Waals surface area (Å²) in [5.74, 6) is 2.39. The average Bonchev–Trinajstić information content (AvgIpc) is 3.48. The summed E-state index contributed by atoms with van der Waals surface area (Å²) in [4.78, 5) is 2.52. The Bertz CT molecular complexity index is 714. The fourth-order valence-corrected chi connectivity index (χ4v) is 3.61. The molecule has 3 rings (SSSR count). The molecule has 1 fully saturated rings. The molecule has 0 aliphatic heterocycles. The highest BCUT2D eigenvalue weighted by Crippen LogP contribution is 2.39. The maximum Gasteiger partial charge on any atom is 0.175 e. The first-order valence-corrected chi connectivity index (χ1v) is 9.22. The molecular formula is C20H24BrNO3. The minimum atomic E-state index is 0.655. The molecule has 2 aromatic carbocycles. The van der Waals surface area contributed by atoms with Crippen LogP contribution in [0.1, 0.15) is 24.0 Å². The molecule has 0 amide bonds. The maximum absolute atomic E-state index is 5.50. The van der Waals surface area contributed by atoms with Crippen molar-refractivity contribution in [2.24, 2.45) is 0 Å². The van der Waals surface area contributed by atoms with Gasteiger partial charge in [-0.25, -0.2) is 0 Å². The first-order chi connectivity index (χ1) is 12.2. The van der Waals surface area contributed by atoms with Crippen molar-refractivity contribution in [1.82, 2.24) is 4.90 Å². The van der Waals surface area contributed by atoms with Crippen LogP contribution >= 0.6 is 15.9 Å². The van der Waals surface area contributed by atoms with E-state index in [1.165, 1.54) is 24.0 Å². The van der Waals surface area contributed by atoms with Gasteiger partial charge < -0.3 is 14.2 Å². The standard InChI is InChI=1S/C20H24BrNO3/c1-23-17-9-4-14(5-10-17)12-22(16-7-8-16)13-15-6-11-18(24-2)20(25-3)19(15)21/h4-6,9-11,16H,7-8,12-13H2,1-3H3. The number of halogens is 1. The molecule has 1 saturated carbocycles. The van der Waals surface area contributed by atoms with Gasteiger partial charge in [0, 0.05) is 19.1 Å². The molecule has 25 heavy (non-hydrogen) atoms. The van der Waals surface area contributed by atoms with E-state index in [0.29, 0.717) is 6.04 Å². The summed E-state index contributed by atoms with van der Waals surface area (Å²) in [6, 6.07) is 13.0. The highest BCUT2D eigenvalue weighted by atomic mass is 79.9. The van der Waals surface area contributed by atoms with Crippen LogP contribution in [0.2, 0.25) is 0 Å². The normalized spacial score (nSPS) is 13.8. The van der Waals surface area contributed by atoms with E-state index >= 15 is 0 Å². The molecule has 0 radical (unpaired) electrons. The second-order valence-electron chi connectivity index (χ2n) is 6.26. The van der Waals surface area contributed by atoms with Crippen LogP contribution in [0, 0.1) is 0 Å². The minimum absolute atomic E-state index is 0.655. The molecular weight excluding hydrogens is 382 g/mol. The molecule has 0 atom stereocenters. The quantitative estimate of drug-likeness (QED) is 0.639. The zero-order chi connectivity index (χ0) is 17.8. The Morgan fingerprint density at radius 2 is 1.64 bits per heavy atom. The second kappa shape index (κ2) is 8.11. The van der Waals surface area contributed by atoms with E-state index in [2.05, 4.69) is 39.0 Å². The van der Waals surface area contributed by atoms with Gasteiger partial charge in [-0.2, -0.15) is 0 Å². The molecule has 0 bridgehead atoms. The van der Waals surface area contributed by atoms with Crippen LogP contribution in [0.5, 0.6) is 17.2 Å². The number of ether oxygens (including phenoxy) is 3. The van der Waals surface area contributed by atoms with Crippen LogP contribution in [0.4, 0.5) is 0 Å². The SMILES string of the molecule is COc1ccc(CN(Cc2ccc(OC)c(OC)c2Br)C2CC2)cc1. The van der Waals surface area contributed by atoms with Gasteiger partial charge in [-0.3, -0.25) is 4.90 Å². The molecule has 0 spiro atoms. The summed E-state index contributed by atoms with van der Waals surface area (Å²) in [7, 11) is 5.02. The topological polar surface area (TPSA) is 30.9 Å². The Balaban J connectivity index is 1.78. The first kappa shape index (κ1) is 18.1. The third kappa shape index (κ3) is 4.28. The van der Waals surface area contributed by atoms with Crippen molar-refractivity contribution < 1.29 is 14.2 Å². The number of methoxy groups -OCH3 is 3. The largest absolute Gasteiger partial charge is 0.497 e. The monoisotopic (exact) mass is 405 g/mol. The average molecular weight is 406 g/mol. The summed E-state index contributed by atoms with van der Waals surface area (Å²) in [6.07, 6.45) is 2.53. The van der Waals surface area contributed by atoms with Crippen molar-refractivity contribution in [1.29, 1.82) is 0 Å². The molecule has 134 valence electrons. The number of hydrogen-bond acceptors (Lipinski definition) is 4. The second-order valence-corrected chi connectivity index (χ2v) is 7.05. The summed E-state index contributed by atoms with van der Waals surface area (Å²) in [5.41, 5.74) is 2.50. The summed E-state index contributed by atoms with van der Waals surface area (Å²) < 4.78 is 17.1. The molecule has 0 unspecified atom stereocenters. The molecule has 0 aromatic heterocycles. The Kier molecular flexibility index (Phi) is 5.86. The van der Waals surface area contributed by atoms with Crippen LogP contribution in [0.3, 0.4) is 0 Å². The Morgan fingerprint density at radius 1 is 0.920 bits per heavy atom. The maximum atomic E-state index is 5.50. The van der Waals surface area contributed by atoms with Crippen molar-refractivity contribution in [3.63, 3.8) is 0 Å². The molecule has 0 heterocycles. The lowest BCUT2D eigenvalue weighted by atomic mass is 10.1. The zero-order valence-corrected chi connectivity index (χ0v) is 16.5. The van der Waals surface area contributed by atoms with Gasteiger partial charge in [0.15, 0.2) is 11.5 Å². The number of nitrogens with zero attached hydrogens (tertiary/aromatic N) is 1. The summed E-state index contributed by atoms with van der Waals surface area (Å²) >= 11 is 3.69. The van der Waals surface area contributed by atoms with Crippen LogP contribution < -0.4 is 14.2 Å². The van der Waals surface area contributed by atoms with Crippen LogP contribution in [0.25, 0.3) is 0 Å². The van der Waals surface area contributed by atoms with Crippen LogP contribution in [-0.2, 0) is 13.1 Å². The van der Waals surface area contributed by atoms with Crippen LogP contribution in [-0.4, -0.2) is 32.3 Å². The number of rotatable bonds is 8. The van der Waals surface area contributed by atoms with Crippen molar-refractivity contribution in [2.75, 3.05) is 21.3 Å². The summed E-state index contributed by atoms with van der Waals surface area (Å²) in [5, 5.41) is 0. The van der Waals surface area contributed by atoms with Gasteiger partial charge in [0.25, 0.3) is 0 Å². The van der Waals surface area contributed by atoms with Gasteiger partial charge in [0.1, 0.15) is 5.75 Å². The van der Waals surface area contributed by atoms with Crippen molar-refractivity contribution in [3.05, 3.63) is 52.0 Å². The molecule has 1 aliphatic carbocycles. The van der Waals surface area contributed by atoms with E-state index in [9.17, 15) is 0 Å². The Hall–Kier alpha value is -1.72. The van der Waals surface area contributed by atoms with Gasteiger partial charge in [0.05, 0.1) is 25.8 Å². The van der Waals surface area contributed by atoms with E-state index in [4.69, 9.17) is 14.2 Å². The van der Waals surface area contributed by atoms with Gasteiger partial charge in [0.2, 0.25) is 0 Å². The van der Waals surface area contributed by atoms with Crippen molar-refractivity contribution in [3.8, 4) is 17.2 Å². The van der Waals surface area contributed by atoms with E-state index in [-0.39, 0.29) is 0 Å². The van der Waals surface area contributed by atoms with Gasteiger partial charge in [-0.15, -0.1) is 0 Å². The zero-order valence-electron chi connectivity index (χ0n) is 14.9. The number of hydrogen-bond donors (Lipinski definition) is 0. The fraction of sp³-hybridized carbons (Fsp3) is 0.400. The predicted octanol–water partition coefficient (Wildman–Crippen LogP) is 4.64. The van der Waals surface area contributed by atoms with Gasteiger partial charge in [-0.1, -0.05) is 18.2 Å². The number of benzene rings is 2. The Morgan fingerprint density at radius 3 is 2.20 bits per heavy atom. The smallest absolute Gasteiger partial charge is 0.175 e. The van der Waals surface area contributed by atoms with Crippen molar-refractivity contribution in [2.45, 2.75) is 32.0 Å². The Labute approximate surface area is 157 Å². The van der Waals surface area contributed by atoms with E-state index < -0.39 is 0 Å². The lowest BCUT2D eigenvalue weighted by Gasteiger charge is -2.24. The van der Waals surface area contributed by atoms with Gasteiger partial charge in [-0.05, 0) is 58.1 Å². The first-order valence-electron chi connectivity index (χ1n) is 8.42. The molecule has 0 N–H and O–H groups in total. The molecule has 5 heteroatoms. The molecule has 2 aromatic rings. The highest BCUT2D eigenvalue weighted by molar-refractivity contribution is 9.10. The summed E-state index contributed by atoms with van der Waals surface area (Å²) in [6.45, 7) is 1.80. The predicted molar refractivity (Wildman–Crippen MR) is 103 cm³/mol. The fourth-order valence-electron chi connectivity index (χ4n) is 2.99. The molecule has 0 saturated heterocycles. The molecule has 1 aliphatic rings.